The molecule has 0 aromatic rings. The molecule has 0 bridgehead atoms. The number of esters is 3. The lowest BCUT2D eigenvalue weighted by Gasteiger charge is -2.18. The molecule has 0 aliphatic carbocycles. The third-order valence-corrected chi connectivity index (χ3v) is 16.6. The van der Waals surface area contributed by atoms with Gasteiger partial charge in [0.25, 0.3) is 0 Å². The second-order valence-electron chi connectivity index (χ2n) is 24.5. The fourth-order valence-corrected chi connectivity index (χ4v) is 11.3. The SMILES string of the molecule is CCCCCCCCCCCCCCCCCCCCCCCCCCCCCCCC(=O)OCC(COC(=O)CCCCCCCCCCCCCCCC)OC(=O)CCCCCCCCCCCCCCCCCC. The predicted molar refractivity (Wildman–Crippen MR) is 335 cm³/mol. The van der Waals surface area contributed by atoms with E-state index in [4.69, 9.17) is 14.2 Å². The van der Waals surface area contributed by atoms with E-state index in [2.05, 4.69) is 20.8 Å². The number of hydrogen-bond donors (Lipinski definition) is 0. The second kappa shape index (κ2) is 66.9. The summed E-state index contributed by atoms with van der Waals surface area (Å²) in [5, 5.41) is 0. The summed E-state index contributed by atoms with van der Waals surface area (Å²) in [4.78, 5) is 38.4. The Balaban J connectivity index is 4.12. The third-order valence-electron chi connectivity index (χ3n) is 16.6. The van der Waals surface area contributed by atoms with Gasteiger partial charge in [0, 0.05) is 19.3 Å². The Hall–Kier alpha value is -1.59. The van der Waals surface area contributed by atoms with Crippen LogP contribution in [0.5, 0.6) is 0 Å². The molecule has 1 atom stereocenters. The summed E-state index contributed by atoms with van der Waals surface area (Å²) in [5.41, 5.74) is 0. The minimum atomic E-state index is -0.763. The first kappa shape index (κ1) is 75.4. The average Bonchev–Trinajstić information content (AvgIpc) is 3.43. The fourth-order valence-electron chi connectivity index (χ4n) is 11.3. The van der Waals surface area contributed by atoms with Crippen LogP contribution in [-0.2, 0) is 28.6 Å². The zero-order valence-corrected chi connectivity index (χ0v) is 52.8. The molecular formula is C71H138O6. The Labute approximate surface area is 482 Å². The van der Waals surface area contributed by atoms with Gasteiger partial charge < -0.3 is 14.2 Å². The molecular weight excluding hydrogens is 949 g/mol. The van der Waals surface area contributed by atoms with Gasteiger partial charge in [0.2, 0.25) is 0 Å². The summed E-state index contributed by atoms with van der Waals surface area (Å²) in [5.74, 6) is -0.821. The molecule has 0 aromatic heterocycles. The van der Waals surface area contributed by atoms with Crippen molar-refractivity contribution in [2.24, 2.45) is 0 Å². The van der Waals surface area contributed by atoms with Crippen LogP contribution < -0.4 is 0 Å². The quantitative estimate of drug-likeness (QED) is 0.0343. The number of carbonyl (C=O) groups excluding carboxylic acids is 3. The van der Waals surface area contributed by atoms with Gasteiger partial charge in [0.15, 0.2) is 6.10 Å². The average molecular weight is 1090 g/mol. The lowest BCUT2D eigenvalue weighted by Crippen LogP contribution is -2.30. The van der Waals surface area contributed by atoms with Crippen LogP contribution in [0.4, 0.5) is 0 Å². The Morgan fingerprint density at radius 2 is 0.351 bits per heavy atom. The van der Waals surface area contributed by atoms with Crippen molar-refractivity contribution < 1.29 is 28.6 Å². The zero-order valence-electron chi connectivity index (χ0n) is 52.8. The number of rotatable bonds is 67. The van der Waals surface area contributed by atoms with Gasteiger partial charge >= 0.3 is 17.9 Å². The lowest BCUT2D eigenvalue weighted by molar-refractivity contribution is -0.167. The third kappa shape index (κ3) is 65.1. The Morgan fingerprint density at radius 3 is 0.519 bits per heavy atom. The van der Waals surface area contributed by atoms with Gasteiger partial charge in [-0.05, 0) is 19.3 Å². The standard InChI is InChI=1S/C71H138O6/c1-4-7-10-13-16-19-22-25-28-30-31-32-33-34-35-36-37-38-39-40-41-42-44-46-49-52-55-58-61-64-70(73)76-67-68(66-75-69(72)63-60-57-54-51-48-45-27-24-21-18-15-12-9-6-3)77-71(74)65-62-59-56-53-50-47-43-29-26-23-20-17-14-11-8-5-2/h68H,4-67H2,1-3H3. The normalized spacial score (nSPS) is 11.9. The first-order valence-corrected chi connectivity index (χ1v) is 35.5. The molecule has 0 radical (unpaired) electrons. The molecule has 0 spiro atoms. The molecule has 1 unspecified atom stereocenters. The van der Waals surface area contributed by atoms with Crippen LogP contribution >= 0.6 is 0 Å². The minimum absolute atomic E-state index is 0.0603. The number of carbonyl (C=O) groups is 3. The topological polar surface area (TPSA) is 78.9 Å². The molecule has 0 amide bonds. The van der Waals surface area contributed by atoms with Crippen LogP contribution in [0.1, 0.15) is 419 Å². The van der Waals surface area contributed by atoms with E-state index in [1.165, 1.54) is 321 Å². The van der Waals surface area contributed by atoms with Gasteiger partial charge in [-0.3, -0.25) is 14.4 Å². The van der Waals surface area contributed by atoms with Crippen LogP contribution in [0.3, 0.4) is 0 Å². The maximum Gasteiger partial charge on any atom is 0.306 e. The fraction of sp³-hybridized carbons (Fsp3) is 0.958. The molecule has 0 heterocycles. The van der Waals surface area contributed by atoms with Gasteiger partial charge in [-0.2, -0.15) is 0 Å². The van der Waals surface area contributed by atoms with E-state index in [0.29, 0.717) is 19.3 Å². The summed E-state index contributed by atoms with van der Waals surface area (Å²) >= 11 is 0. The molecule has 0 rings (SSSR count). The highest BCUT2D eigenvalue weighted by Gasteiger charge is 2.19. The molecule has 6 heteroatoms. The molecule has 0 aliphatic heterocycles. The maximum absolute atomic E-state index is 12.9. The minimum Gasteiger partial charge on any atom is -0.462 e. The summed E-state index contributed by atoms with van der Waals surface area (Å²) in [6, 6.07) is 0. The van der Waals surface area contributed by atoms with Crippen molar-refractivity contribution in [3.63, 3.8) is 0 Å². The van der Waals surface area contributed by atoms with E-state index in [9.17, 15) is 14.4 Å². The van der Waals surface area contributed by atoms with E-state index >= 15 is 0 Å². The predicted octanol–water partition coefficient (Wildman–Crippen LogP) is 24.2. The highest BCUT2D eigenvalue weighted by molar-refractivity contribution is 5.71. The first-order valence-electron chi connectivity index (χ1n) is 35.5. The summed E-state index contributed by atoms with van der Waals surface area (Å²) in [7, 11) is 0. The highest BCUT2D eigenvalue weighted by Crippen LogP contribution is 2.19. The van der Waals surface area contributed by atoms with Crippen LogP contribution in [0.25, 0.3) is 0 Å². The second-order valence-corrected chi connectivity index (χ2v) is 24.5. The number of unbranched alkanes of at least 4 members (excludes halogenated alkanes) is 56. The van der Waals surface area contributed by atoms with Crippen molar-refractivity contribution in [1.82, 2.24) is 0 Å². The van der Waals surface area contributed by atoms with Crippen molar-refractivity contribution in [1.29, 1.82) is 0 Å². The van der Waals surface area contributed by atoms with E-state index in [1.807, 2.05) is 0 Å². The monoisotopic (exact) mass is 1090 g/mol. The van der Waals surface area contributed by atoms with Crippen LogP contribution in [0.2, 0.25) is 0 Å². The van der Waals surface area contributed by atoms with E-state index in [0.717, 1.165) is 57.8 Å². The van der Waals surface area contributed by atoms with Crippen LogP contribution in [-0.4, -0.2) is 37.2 Å². The maximum atomic E-state index is 12.9. The first-order chi connectivity index (χ1) is 38.0. The van der Waals surface area contributed by atoms with E-state index < -0.39 is 6.10 Å². The van der Waals surface area contributed by atoms with Crippen molar-refractivity contribution in [2.45, 2.75) is 425 Å². The molecule has 458 valence electrons. The van der Waals surface area contributed by atoms with Gasteiger partial charge in [-0.1, -0.05) is 380 Å². The van der Waals surface area contributed by atoms with Crippen molar-refractivity contribution in [2.75, 3.05) is 13.2 Å². The Morgan fingerprint density at radius 1 is 0.208 bits per heavy atom. The number of ether oxygens (including phenoxy) is 3. The van der Waals surface area contributed by atoms with Crippen LogP contribution in [0, 0.1) is 0 Å². The van der Waals surface area contributed by atoms with Gasteiger partial charge in [-0.15, -0.1) is 0 Å². The molecule has 0 aliphatic rings. The van der Waals surface area contributed by atoms with Gasteiger partial charge in [0.1, 0.15) is 13.2 Å². The molecule has 0 saturated carbocycles. The largest absolute Gasteiger partial charge is 0.462 e. The van der Waals surface area contributed by atoms with Gasteiger partial charge in [-0.25, -0.2) is 0 Å². The number of hydrogen-bond acceptors (Lipinski definition) is 6. The molecule has 0 aromatic carbocycles. The zero-order chi connectivity index (χ0) is 55.7. The lowest BCUT2D eigenvalue weighted by atomic mass is 10.0. The molecule has 77 heavy (non-hydrogen) atoms. The van der Waals surface area contributed by atoms with Crippen molar-refractivity contribution >= 4 is 17.9 Å². The summed E-state index contributed by atoms with van der Waals surface area (Å²) in [6.07, 6.45) is 78.6. The van der Waals surface area contributed by atoms with Gasteiger partial charge in [0.05, 0.1) is 0 Å². The van der Waals surface area contributed by atoms with E-state index in [-0.39, 0.29) is 31.1 Å². The van der Waals surface area contributed by atoms with Crippen molar-refractivity contribution in [3.05, 3.63) is 0 Å². The summed E-state index contributed by atoms with van der Waals surface area (Å²) in [6.45, 7) is 6.74. The smallest absolute Gasteiger partial charge is 0.306 e. The highest BCUT2D eigenvalue weighted by atomic mass is 16.6. The molecule has 0 saturated heterocycles. The molecule has 6 nitrogen and oxygen atoms in total. The summed E-state index contributed by atoms with van der Waals surface area (Å²) < 4.78 is 17.0. The van der Waals surface area contributed by atoms with Crippen LogP contribution in [0.15, 0.2) is 0 Å². The van der Waals surface area contributed by atoms with E-state index in [1.54, 1.807) is 0 Å². The Kier molecular flexibility index (Phi) is 65.5. The molecule has 0 fully saturated rings. The molecule has 0 N–H and O–H groups in total. The Bertz CT molecular complexity index is 1160. The van der Waals surface area contributed by atoms with Crippen molar-refractivity contribution in [3.8, 4) is 0 Å².